The molecule has 1 saturated heterocycles. The summed E-state index contributed by atoms with van der Waals surface area (Å²) in [7, 11) is 1.85. The molecule has 3 rings (SSSR count). The molecule has 1 aliphatic carbocycles. The summed E-state index contributed by atoms with van der Waals surface area (Å²) in [5.74, 6) is 1.72. The highest BCUT2D eigenvalue weighted by molar-refractivity contribution is 7.09. The third-order valence-corrected chi connectivity index (χ3v) is 4.26. The molecule has 2 aliphatic rings. The highest BCUT2D eigenvalue weighted by Crippen LogP contribution is 2.40. The van der Waals surface area contributed by atoms with Gasteiger partial charge in [-0.05, 0) is 19.8 Å². The molecule has 1 amide bonds. The van der Waals surface area contributed by atoms with Crippen LogP contribution in [0.4, 0.5) is 5.13 Å². The molecule has 6 heteroatoms. The summed E-state index contributed by atoms with van der Waals surface area (Å²) >= 11 is 1.43. The number of nitrogens with zero attached hydrogens (tertiary/aromatic N) is 4. The number of likely N-dealkylation sites (N-methyl/N-ethyl adjacent to an activating group) is 1. The molecule has 1 saturated carbocycles. The molecule has 0 aromatic carbocycles. The molecular weight excluding hydrogens is 236 g/mol. The topological polar surface area (TPSA) is 49.3 Å². The van der Waals surface area contributed by atoms with E-state index in [1.165, 1.54) is 24.4 Å². The van der Waals surface area contributed by atoms with E-state index in [0.717, 1.165) is 24.0 Å². The summed E-state index contributed by atoms with van der Waals surface area (Å²) in [6, 6.07) is -0.117. The van der Waals surface area contributed by atoms with Gasteiger partial charge in [-0.15, -0.1) is 0 Å². The van der Waals surface area contributed by atoms with Crippen LogP contribution < -0.4 is 4.90 Å². The summed E-state index contributed by atoms with van der Waals surface area (Å²) in [4.78, 5) is 20.3. The minimum Gasteiger partial charge on any atom is -0.342 e. The third kappa shape index (κ3) is 1.90. The Kier molecular flexibility index (Phi) is 2.54. The Bertz CT molecular complexity index is 442. The van der Waals surface area contributed by atoms with E-state index in [2.05, 4.69) is 14.3 Å². The Morgan fingerprint density at radius 1 is 1.35 bits per heavy atom. The molecule has 2 fully saturated rings. The van der Waals surface area contributed by atoms with Crippen LogP contribution in [0.25, 0.3) is 0 Å². The molecule has 17 heavy (non-hydrogen) atoms. The first-order valence-corrected chi connectivity index (χ1v) is 6.79. The second-order valence-electron chi connectivity index (χ2n) is 4.84. The smallest absolute Gasteiger partial charge is 0.244 e. The van der Waals surface area contributed by atoms with Crippen molar-refractivity contribution in [2.45, 2.75) is 31.7 Å². The van der Waals surface area contributed by atoms with E-state index in [1.54, 1.807) is 4.90 Å². The first-order chi connectivity index (χ1) is 8.16. The SMILES string of the molecule is C[C@@H]1C(=O)N(C)CCN1c1nc(C2CC2)ns1. The number of amides is 1. The van der Waals surface area contributed by atoms with Crippen molar-refractivity contribution in [3.05, 3.63) is 5.82 Å². The lowest BCUT2D eigenvalue weighted by Crippen LogP contribution is -2.54. The fraction of sp³-hybridized carbons (Fsp3) is 0.727. The van der Waals surface area contributed by atoms with Gasteiger partial charge in [-0.25, -0.2) is 4.98 Å². The van der Waals surface area contributed by atoms with E-state index in [1.807, 2.05) is 14.0 Å². The van der Waals surface area contributed by atoms with Crippen LogP contribution in [0.15, 0.2) is 0 Å². The molecule has 0 unspecified atom stereocenters. The summed E-state index contributed by atoms with van der Waals surface area (Å²) in [5.41, 5.74) is 0. The second-order valence-corrected chi connectivity index (χ2v) is 5.57. The van der Waals surface area contributed by atoms with Crippen LogP contribution in [0.2, 0.25) is 0 Å². The van der Waals surface area contributed by atoms with Gasteiger partial charge in [0.05, 0.1) is 0 Å². The quantitative estimate of drug-likeness (QED) is 0.790. The van der Waals surface area contributed by atoms with E-state index >= 15 is 0 Å². The van der Waals surface area contributed by atoms with Gasteiger partial charge in [-0.2, -0.15) is 4.37 Å². The van der Waals surface area contributed by atoms with Crippen molar-refractivity contribution in [3.8, 4) is 0 Å². The average molecular weight is 252 g/mol. The lowest BCUT2D eigenvalue weighted by atomic mass is 10.2. The molecule has 92 valence electrons. The van der Waals surface area contributed by atoms with E-state index in [9.17, 15) is 4.79 Å². The van der Waals surface area contributed by atoms with Crippen molar-refractivity contribution < 1.29 is 4.79 Å². The highest BCUT2D eigenvalue weighted by Gasteiger charge is 2.33. The number of piperazine rings is 1. The molecule has 5 nitrogen and oxygen atoms in total. The Hall–Kier alpha value is -1.17. The molecule has 0 bridgehead atoms. The Morgan fingerprint density at radius 2 is 2.12 bits per heavy atom. The number of rotatable bonds is 2. The van der Waals surface area contributed by atoms with Gasteiger partial charge in [0.2, 0.25) is 11.0 Å². The lowest BCUT2D eigenvalue weighted by molar-refractivity contribution is -0.132. The van der Waals surface area contributed by atoms with Crippen LogP contribution in [0.5, 0.6) is 0 Å². The fourth-order valence-corrected chi connectivity index (χ4v) is 2.98. The molecular formula is C11H16N4OS. The van der Waals surface area contributed by atoms with Gasteiger partial charge in [0.25, 0.3) is 0 Å². The van der Waals surface area contributed by atoms with Gasteiger partial charge < -0.3 is 9.80 Å². The zero-order chi connectivity index (χ0) is 12.0. The first-order valence-electron chi connectivity index (χ1n) is 6.02. The number of anilines is 1. The molecule has 1 aliphatic heterocycles. The van der Waals surface area contributed by atoms with Crippen molar-refractivity contribution in [2.24, 2.45) is 0 Å². The van der Waals surface area contributed by atoms with Crippen LogP contribution in [0.1, 0.15) is 31.5 Å². The predicted molar refractivity (Wildman–Crippen MR) is 66.3 cm³/mol. The molecule has 2 heterocycles. The predicted octanol–water partition coefficient (Wildman–Crippen LogP) is 1.08. The minimum absolute atomic E-state index is 0.117. The number of hydrogen-bond donors (Lipinski definition) is 0. The third-order valence-electron chi connectivity index (χ3n) is 3.50. The van der Waals surface area contributed by atoms with Gasteiger partial charge in [0, 0.05) is 37.6 Å². The van der Waals surface area contributed by atoms with Crippen LogP contribution in [0.3, 0.4) is 0 Å². The van der Waals surface area contributed by atoms with Crippen LogP contribution >= 0.6 is 11.5 Å². The van der Waals surface area contributed by atoms with Gasteiger partial charge in [-0.3, -0.25) is 4.79 Å². The maximum atomic E-state index is 11.9. The first kappa shape index (κ1) is 11.0. The Balaban J connectivity index is 1.80. The molecule has 1 aromatic heterocycles. The standard InChI is InChI=1S/C11H16N4OS/c1-7-10(16)14(2)5-6-15(7)11-12-9(13-17-11)8-3-4-8/h7-8H,3-6H2,1-2H3/t7-/m1/s1. The van der Waals surface area contributed by atoms with Crippen molar-refractivity contribution in [3.63, 3.8) is 0 Å². The number of aromatic nitrogens is 2. The molecule has 0 radical (unpaired) electrons. The van der Waals surface area contributed by atoms with E-state index in [4.69, 9.17) is 0 Å². The monoisotopic (exact) mass is 252 g/mol. The summed E-state index contributed by atoms with van der Waals surface area (Å²) in [5, 5.41) is 0.904. The van der Waals surface area contributed by atoms with Crippen molar-refractivity contribution in [1.29, 1.82) is 0 Å². The van der Waals surface area contributed by atoms with Gasteiger partial charge in [0.15, 0.2) is 0 Å². The number of hydrogen-bond acceptors (Lipinski definition) is 5. The lowest BCUT2D eigenvalue weighted by Gasteiger charge is -2.36. The summed E-state index contributed by atoms with van der Waals surface area (Å²) in [6.45, 7) is 3.56. The second kappa shape index (κ2) is 3.94. The average Bonchev–Trinajstić information content (AvgIpc) is 3.06. The maximum Gasteiger partial charge on any atom is 0.244 e. The molecule has 1 aromatic rings. The van der Waals surface area contributed by atoms with Crippen molar-refractivity contribution >= 4 is 22.6 Å². The fourth-order valence-electron chi connectivity index (χ4n) is 2.13. The van der Waals surface area contributed by atoms with Crippen LogP contribution in [0, 0.1) is 0 Å². The normalized spacial score (nSPS) is 25.5. The van der Waals surface area contributed by atoms with E-state index < -0.39 is 0 Å². The van der Waals surface area contributed by atoms with Crippen LogP contribution in [-0.4, -0.2) is 46.3 Å². The summed E-state index contributed by atoms with van der Waals surface area (Å²) in [6.07, 6.45) is 2.43. The van der Waals surface area contributed by atoms with E-state index in [0.29, 0.717) is 5.92 Å². The zero-order valence-electron chi connectivity index (χ0n) is 10.1. The van der Waals surface area contributed by atoms with Gasteiger partial charge >= 0.3 is 0 Å². The largest absolute Gasteiger partial charge is 0.342 e. The number of carbonyl (C=O) groups is 1. The van der Waals surface area contributed by atoms with Crippen molar-refractivity contribution in [2.75, 3.05) is 25.0 Å². The van der Waals surface area contributed by atoms with Gasteiger partial charge in [0.1, 0.15) is 11.9 Å². The maximum absolute atomic E-state index is 11.9. The molecule has 0 N–H and O–H groups in total. The Morgan fingerprint density at radius 3 is 2.82 bits per heavy atom. The number of carbonyl (C=O) groups excluding carboxylic acids is 1. The highest BCUT2D eigenvalue weighted by atomic mass is 32.1. The molecule has 1 atom stereocenters. The van der Waals surface area contributed by atoms with Crippen LogP contribution in [-0.2, 0) is 4.79 Å². The minimum atomic E-state index is -0.117. The molecule has 0 spiro atoms. The Labute approximate surface area is 105 Å². The van der Waals surface area contributed by atoms with Gasteiger partial charge in [-0.1, -0.05) is 0 Å². The van der Waals surface area contributed by atoms with Crippen molar-refractivity contribution in [1.82, 2.24) is 14.3 Å². The zero-order valence-corrected chi connectivity index (χ0v) is 10.9. The van der Waals surface area contributed by atoms with E-state index in [-0.39, 0.29) is 11.9 Å². The summed E-state index contributed by atoms with van der Waals surface area (Å²) < 4.78 is 4.40.